The molecule has 1 amide bonds. The normalized spacial score (nSPS) is 10.9. The molecule has 1 aromatic rings. The third kappa shape index (κ3) is 3.93. The summed E-state index contributed by atoms with van der Waals surface area (Å²) in [5, 5.41) is 2.29. The Kier molecular flexibility index (Phi) is 3.24. The van der Waals surface area contributed by atoms with Crippen molar-refractivity contribution in [1.29, 1.82) is 0 Å². The molecule has 5 heteroatoms. The monoisotopic (exact) mass is 211 g/mol. The van der Waals surface area contributed by atoms with E-state index < -0.39 is 17.5 Å². The second kappa shape index (κ2) is 4.25. The Bertz CT molecular complexity index is 361. The molecule has 0 saturated heterocycles. The lowest BCUT2D eigenvalue weighted by Gasteiger charge is -2.19. The Labute approximate surface area is 87.5 Å². The van der Waals surface area contributed by atoms with Gasteiger partial charge in [0.1, 0.15) is 5.60 Å². The summed E-state index contributed by atoms with van der Waals surface area (Å²) >= 11 is 0. The summed E-state index contributed by atoms with van der Waals surface area (Å²) < 4.78 is 18.0. The minimum atomic E-state index is -0.687. The molecule has 1 rings (SSSR count). The number of anilines is 1. The zero-order valence-corrected chi connectivity index (χ0v) is 8.87. The first-order valence-electron chi connectivity index (χ1n) is 4.48. The van der Waals surface area contributed by atoms with Crippen LogP contribution in [0, 0.1) is 5.82 Å². The molecule has 0 atom stereocenters. The maximum Gasteiger partial charge on any atom is 0.412 e. The van der Waals surface area contributed by atoms with E-state index in [1.165, 1.54) is 12.3 Å². The average Bonchev–Trinajstić information content (AvgIpc) is 2.05. The van der Waals surface area contributed by atoms with Crippen molar-refractivity contribution in [2.24, 2.45) is 0 Å². The van der Waals surface area contributed by atoms with E-state index in [9.17, 15) is 9.18 Å². The highest BCUT2D eigenvalue weighted by Crippen LogP contribution is 2.13. The number of rotatable bonds is 1. The van der Waals surface area contributed by atoms with Gasteiger partial charge < -0.3 is 4.74 Å². The number of pyridine rings is 1. The molecule has 0 bridgehead atoms. The topological polar surface area (TPSA) is 51.2 Å². The molecule has 1 heterocycles. The van der Waals surface area contributed by atoms with Gasteiger partial charge in [0.05, 0.1) is 11.9 Å². The van der Waals surface area contributed by atoms with E-state index in [1.54, 1.807) is 20.8 Å². The number of ether oxygens (including phenoxy) is 1. The first-order chi connectivity index (χ1) is 6.88. The quantitative estimate of drug-likeness (QED) is 0.776. The summed E-state index contributed by atoms with van der Waals surface area (Å²) in [6.45, 7) is 5.19. The fourth-order valence-corrected chi connectivity index (χ4v) is 0.890. The SMILES string of the molecule is CC(C)(C)OC(=O)Nc1ccncc1[18F]. The van der Waals surface area contributed by atoms with Crippen LogP contribution in [0.2, 0.25) is 0 Å². The van der Waals surface area contributed by atoms with Gasteiger partial charge in [-0.1, -0.05) is 0 Å². The van der Waals surface area contributed by atoms with E-state index >= 15 is 0 Å². The molecular weight excluding hydrogens is 198 g/mol. The fraction of sp³-hybridized carbons (Fsp3) is 0.400. The molecule has 4 nitrogen and oxygen atoms in total. The van der Waals surface area contributed by atoms with Gasteiger partial charge in [-0.25, -0.2) is 9.18 Å². The Morgan fingerprint density at radius 1 is 1.53 bits per heavy atom. The second-order valence-electron chi connectivity index (χ2n) is 3.98. The van der Waals surface area contributed by atoms with Crippen LogP contribution in [-0.4, -0.2) is 16.7 Å². The van der Waals surface area contributed by atoms with Crippen LogP contribution >= 0.6 is 0 Å². The second-order valence-corrected chi connectivity index (χ2v) is 3.98. The van der Waals surface area contributed by atoms with Crippen LogP contribution in [0.15, 0.2) is 18.5 Å². The number of amides is 1. The largest absolute Gasteiger partial charge is 0.444 e. The number of nitrogens with zero attached hydrogens (tertiary/aromatic N) is 1. The average molecular weight is 211 g/mol. The number of aromatic nitrogens is 1. The summed E-state index contributed by atoms with van der Waals surface area (Å²) in [5.41, 5.74) is -0.549. The van der Waals surface area contributed by atoms with Gasteiger partial charge in [-0.15, -0.1) is 0 Å². The molecule has 0 aliphatic heterocycles. The summed E-state index contributed by atoms with van der Waals surface area (Å²) in [6.07, 6.45) is 1.72. The molecule has 0 unspecified atom stereocenters. The molecule has 0 radical (unpaired) electrons. The Morgan fingerprint density at radius 2 is 2.20 bits per heavy atom. The number of hydrogen-bond acceptors (Lipinski definition) is 3. The highest BCUT2D eigenvalue weighted by Gasteiger charge is 2.17. The number of nitrogens with one attached hydrogen (secondary N) is 1. The van der Waals surface area contributed by atoms with E-state index in [0.29, 0.717) is 0 Å². The van der Waals surface area contributed by atoms with Crippen LogP contribution in [0.25, 0.3) is 0 Å². The van der Waals surface area contributed by atoms with Crippen LogP contribution in [0.1, 0.15) is 20.8 Å². The minimum absolute atomic E-state index is 0.0549. The first kappa shape index (κ1) is 11.4. The first-order valence-corrected chi connectivity index (χ1v) is 4.48. The predicted octanol–water partition coefficient (Wildman–Crippen LogP) is 2.57. The Morgan fingerprint density at radius 3 is 2.73 bits per heavy atom. The van der Waals surface area contributed by atoms with E-state index in [0.717, 1.165) is 6.20 Å². The van der Waals surface area contributed by atoms with Crippen molar-refractivity contribution in [2.75, 3.05) is 5.32 Å². The fourth-order valence-electron chi connectivity index (χ4n) is 0.890. The molecule has 0 spiro atoms. The molecule has 0 saturated carbocycles. The van der Waals surface area contributed by atoms with Crippen LogP contribution in [-0.2, 0) is 4.74 Å². The molecule has 0 aliphatic rings. The van der Waals surface area contributed by atoms with Gasteiger partial charge in [-0.2, -0.15) is 0 Å². The zero-order chi connectivity index (χ0) is 11.5. The van der Waals surface area contributed by atoms with Gasteiger partial charge >= 0.3 is 6.09 Å². The zero-order valence-electron chi connectivity index (χ0n) is 8.87. The maximum absolute atomic E-state index is 13.1. The number of carbonyl (C=O) groups is 1. The van der Waals surface area contributed by atoms with Gasteiger partial charge in [0.15, 0.2) is 5.82 Å². The van der Waals surface area contributed by atoms with Crippen LogP contribution in [0.4, 0.5) is 14.9 Å². The maximum atomic E-state index is 13.1. The summed E-state index contributed by atoms with van der Waals surface area (Å²) in [5.74, 6) is -0.594. The molecule has 0 aliphatic carbocycles. The van der Waals surface area contributed by atoms with Gasteiger partial charge in [-0.3, -0.25) is 10.3 Å². The van der Waals surface area contributed by atoms with Crippen molar-refractivity contribution in [3.05, 3.63) is 24.3 Å². The van der Waals surface area contributed by atoms with E-state index in [1.807, 2.05) is 0 Å². The lowest BCUT2D eigenvalue weighted by Crippen LogP contribution is -2.27. The summed E-state index contributed by atoms with van der Waals surface area (Å²) in [6, 6.07) is 1.36. The molecule has 0 fully saturated rings. The molecular formula is C10H13FN2O2. The minimum Gasteiger partial charge on any atom is -0.444 e. The Hall–Kier alpha value is -1.65. The highest BCUT2D eigenvalue weighted by atomic mass is 18.2. The van der Waals surface area contributed by atoms with Crippen molar-refractivity contribution in [3.8, 4) is 0 Å². The lowest BCUT2D eigenvalue weighted by atomic mass is 10.2. The third-order valence-corrected chi connectivity index (χ3v) is 1.41. The van der Waals surface area contributed by atoms with Gasteiger partial charge in [-0.05, 0) is 26.8 Å². The van der Waals surface area contributed by atoms with Gasteiger partial charge in [0, 0.05) is 6.20 Å². The Balaban J connectivity index is 2.64. The standard InChI is InChI=1S/C10H13FN2O2/c1-10(2,3)15-9(14)13-8-4-5-12-6-7(8)11/h4-6H,1-3H3,(H,12,13,14)/i11-1. The van der Waals surface area contributed by atoms with E-state index in [-0.39, 0.29) is 5.69 Å². The van der Waals surface area contributed by atoms with Crippen LogP contribution < -0.4 is 5.32 Å². The van der Waals surface area contributed by atoms with Crippen molar-refractivity contribution in [1.82, 2.24) is 4.98 Å². The van der Waals surface area contributed by atoms with Crippen LogP contribution in [0.3, 0.4) is 0 Å². The van der Waals surface area contributed by atoms with Crippen molar-refractivity contribution < 1.29 is 13.9 Å². The highest BCUT2D eigenvalue weighted by molar-refractivity contribution is 5.84. The van der Waals surface area contributed by atoms with E-state index in [2.05, 4.69) is 10.3 Å². The van der Waals surface area contributed by atoms with Crippen molar-refractivity contribution >= 4 is 11.8 Å². The summed E-state index contributed by atoms with van der Waals surface area (Å²) in [7, 11) is 0. The molecule has 1 aromatic heterocycles. The van der Waals surface area contributed by atoms with Gasteiger partial charge in [0.25, 0.3) is 0 Å². The van der Waals surface area contributed by atoms with Crippen molar-refractivity contribution in [3.63, 3.8) is 0 Å². The smallest absolute Gasteiger partial charge is 0.412 e. The molecule has 15 heavy (non-hydrogen) atoms. The van der Waals surface area contributed by atoms with E-state index in [4.69, 9.17) is 4.74 Å². The number of carbonyl (C=O) groups excluding carboxylic acids is 1. The van der Waals surface area contributed by atoms with Gasteiger partial charge in [0.2, 0.25) is 0 Å². The summed E-state index contributed by atoms with van der Waals surface area (Å²) in [4.78, 5) is 14.8. The number of hydrogen-bond donors (Lipinski definition) is 1. The third-order valence-electron chi connectivity index (χ3n) is 1.41. The molecule has 1 N–H and O–H groups in total. The molecule has 0 aromatic carbocycles. The lowest BCUT2D eigenvalue weighted by molar-refractivity contribution is 0.0635. The molecule has 82 valence electrons. The van der Waals surface area contributed by atoms with Crippen LogP contribution in [0.5, 0.6) is 0 Å². The van der Waals surface area contributed by atoms with Crippen molar-refractivity contribution in [2.45, 2.75) is 26.4 Å². The number of halogens is 1. The predicted molar refractivity (Wildman–Crippen MR) is 54.1 cm³/mol.